The van der Waals surface area contributed by atoms with Crippen LogP contribution in [0.4, 0.5) is 0 Å². The molecule has 1 aromatic rings. The predicted octanol–water partition coefficient (Wildman–Crippen LogP) is 3.78. The van der Waals surface area contributed by atoms with Gasteiger partial charge in [-0.05, 0) is 17.7 Å². The molecule has 0 fully saturated rings. The molecule has 0 aliphatic heterocycles. The lowest BCUT2D eigenvalue weighted by atomic mass is 9.84. The van der Waals surface area contributed by atoms with Crippen LogP contribution in [0.15, 0.2) is 24.3 Å². The smallest absolute Gasteiger partial charge is 0.225 e. The van der Waals surface area contributed by atoms with Crippen molar-refractivity contribution in [2.24, 2.45) is 5.41 Å². The Labute approximate surface area is 115 Å². The fraction of sp³-hybridized carbons (Fsp3) is 0.533. The first-order chi connectivity index (χ1) is 8.13. The first kappa shape index (κ1) is 15.0. The highest BCUT2D eigenvalue weighted by molar-refractivity contribution is 6.30. The summed E-state index contributed by atoms with van der Waals surface area (Å²) in [6.45, 7) is 10.6. The lowest BCUT2D eigenvalue weighted by Crippen LogP contribution is -2.41. The maximum Gasteiger partial charge on any atom is 0.225 e. The first-order valence-corrected chi connectivity index (χ1v) is 6.55. The summed E-state index contributed by atoms with van der Waals surface area (Å²) >= 11 is 5.88. The van der Waals surface area contributed by atoms with Crippen LogP contribution in [0, 0.1) is 5.41 Å². The molecule has 0 aromatic heterocycles. The van der Waals surface area contributed by atoms with Gasteiger partial charge in [-0.3, -0.25) is 4.79 Å². The van der Waals surface area contributed by atoms with Crippen molar-refractivity contribution in [2.45, 2.75) is 40.0 Å². The third-order valence-corrected chi connectivity index (χ3v) is 3.25. The molecule has 0 heterocycles. The fourth-order valence-corrected chi connectivity index (χ4v) is 1.70. The van der Waals surface area contributed by atoms with Crippen LogP contribution in [-0.4, -0.2) is 12.5 Å². The Hall–Kier alpha value is -1.02. The van der Waals surface area contributed by atoms with Crippen LogP contribution in [0.2, 0.25) is 5.02 Å². The maximum atomic E-state index is 11.9. The van der Waals surface area contributed by atoms with E-state index >= 15 is 0 Å². The largest absolute Gasteiger partial charge is 0.355 e. The number of hydrogen-bond donors (Lipinski definition) is 1. The molecule has 1 amide bonds. The van der Waals surface area contributed by atoms with Gasteiger partial charge in [0.1, 0.15) is 0 Å². The normalized spacial score (nSPS) is 12.3. The quantitative estimate of drug-likeness (QED) is 0.887. The zero-order valence-electron chi connectivity index (χ0n) is 11.8. The molecular weight excluding hydrogens is 246 g/mol. The number of benzene rings is 1. The molecule has 18 heavy (non-hydrogen) atoms. The van der Waals surface area contributed by atoms with E-state index in [1.807, 2.05) is 45.0 Å². The van der Waals surface area contributed by atoms with Crippen molar-refractivity contribution in [3.8, 4) is 0 Å². The lowest BCUT2D eigenvalue weighted by molar-refractivity contribution is -0.128. The van der Waals surface area contributed by atoms with Crippen molar-refractivity contribution >= 4 is 17.5 Å². The predicted molar refractivity (Wildman–Crippen MR) is 76.9 cm³/mol. The van der Waals surface area contributed by atoms with Crippen molar-refractivity contribution in [3.05, 3.63) is 34.9 Å². The van der Waals surface area contributed by atoms with E-state index < -0.39 is 0 Å². The second-order valence-corrected chi connectivity index (χ2v) is 6.76. The molecular formula is C15H22ClNO. The Morgan fingerprint density at radius 2 is 1.61 bits per heavy atom. The summed E-state index contributed by atoms with van der Waals surface area (Å²) in [5.74, 6) is 0.0736. The molecule has 0 aliphatic carbocycles. The Morgan fingerprint density at radius 3 is 2.06 bits per heavy atom. The Bertz CT molecular complexity index is 415. The summed E-state index contributed by atoms with van der Waals surface area (Å²) in [5.41, 5.74) is 0.711. The Morgan fingerprint density at radius 1 is 1.11 bits per heavy atom. The minimum atomic E-state index is -0.351. The van der Waals surface area contributed by atoms with Crippen LogP contribution in [0.3, 0.4) is 0 Å². The van der Waals surface area contributed by atoms with Crippen molar-refractivity contribution < 1.29 is 4.79 Å². The van der Waals surface area contributed by atoms with Crippen LogP contribution >= 0.6 is 11.6 Å². The van der Waals surface area contributed by atoms with Gasteiger partial charge in [-0.25, -0.2) is 0 Å². The molecule has 0 atom stereocenters. The van der Waals surface area contributed by atoms with Crippen LogP contribution in [-0.2, 0) is 10.2 Å². The van der Waals surface area contributed by atoms with Crippen molar-refractivity contribution in [1.29, 1.82) is 0 Å². The van der Waals surface area contributed by atoms with E-state index in [0.29, 0.717) is 6.54 Å². The van der Waals surface area contributed by atoms with Crippen molar-refractivity contribution in [2.75, 3.05) is 6.54 Å². The highest BCUT2D eigenvalue weighted by atomic mass is 35.5. The molecule has 1 rings (SSSR count). The number of rotatable bonds is 3. The highest BCUT2D eigenvalue weighted by Crippen LogP contribution is 2.24. The second-order valence-electron chi connectivity index (χ2n) is 6.32. The third kappa shape index (κ3) is 4.02. The van der Waals surface area contributed by atoms with Gasteiger partial charge in [-0.2, -0.15) is 0 Å². The van der Waals surface area contributed by atoms with E-state index in [2.05, 4.69) is 19.2 Å². The van der Waals surface area contributed by atoms with E-state index in [9.17, 15) is 4.79 Å². The molecule has 0 bridgehead atoms. The zero-order chi connectivity index (χ0) is 14.0. The van der Waals surface area contributed by atoms with E-state index in [0.717, 1.165) is 5.02 Å². The number of nitrogens with one attached hydrogen (secondary N) is 1. The van der Waals surface area contributed by atoms with Crippen LogP contribution in [0.1, 0.15) is 40.2 Å². The maximum absolute atomic E-state index is 11.9. The summed E-state index contributed by atoms with van der Waals surface area (Å²) in [6, 6.07) is 7.77. The van der Waals surface area contributed by atoms with Gasteiger partial charge >= 0.3 is 0 Å². The summed E-state index contributed by atoms with van der Waals surface area (Å²) in [4.78, 5) is 11.9. The minimum Gasteiger partial charge on any atom is -0.355 e. The summed E-state index contributed by atoms with van der Waals surface area (Å²) in [7, 11) is 0. The number of carbonyl (C=O) groups is 1. The van der Waals surface area contributed by atoms with Gasteiger partial charge < -0.3 is 5.32 Å². The average Bonchev–Trinajstić information content (AvgIpc) is 2.25. The van der Waals surface area contributed by atoms with E-state index in [-0.39, 0.29) is 16.7 Å². The lowest BCUT2D eigenvalue weighted by Gasteiger charge is -2.28. The minimum absolute atomic E-state index is 0.0736. The summed E-state index contributed by atoms with van der Waals surface area (Å²) < 4.78 is 0. The average molecular weight is 268 g/mol. The second kappa shape index (κ2) is 5.31. The molecule has 0 radical (unpaired) electrons. The monoisotopic (exact) mass is 267 g/mol. The van der Waals surface area contributed by atoms with E-state index in [1.165, 1.54) is 5.56 Å². The number of carbonyl (C=O) groups excluding carboxylic acids is 1. The number of amides is 1. The van der Waals surface area contributed by atoms with Crippen molar-refractivity contribution in [1.82, 2.24) is 5.32 Å². The molecule has 0 saturated carbocycles. The molecule has 0 spiro atoms. The molecule has 0 saturated heterocycles. The first-order valence-electron chi connectivity index (χ1n) is 6.17. The molecule has 3 heteroatoms. The SMILES string of the molecule is CC(C)(C)C(=O)NCC(C)(C)c1ccc(Cl)cc1. The molecule has 2 nitrogen and oxygen atoms in total. The summed E-state index contributed by atoms with van der Waals surface area (Å²) in [6.07, 6.45) is 0. The highest BCUT2D eigenvalue weighted by Gasteiger charge is 2.25. The molecule has 1 N–H and O–H groups in total. The van der Waals surface area contributed by atoms with E-state index in [1.54, 1.807) is 0 Å². The standard InChI is InChI=1S/C15H22ClNO/c1-14(2,3)13(18)17-10-15(4,5)11-6-8-12(16)9-7-11/h6-9H,10H2,1-5H3,(H,17,18). The molecule has 100 valence electrons. The van der Waals surface area contributed by atoms with Gasteiger partial charge in [0.05, 0.1) is 0 Å². The van der Waals surface area contributed by atoms with Crippen LogP contribution < -0.4 is 5.32 Å². The fourth-order valence-electron chi connectivity index (χ4n) is 1.57. The number of hydrogen-bond acceptors (Lipinski definition) is 1. The number of halogens is 1. The zero-order valence-corrected chi connectivity index (χ0v) is 12.6. The van der Waals surface area contributed by atoms with Gasteiger partial charge in [0.25, 0.3) is 0 Å². The Kier molecular flexibility index (Phi) is 4.44. The van der Waals surface area contributed by atoms with E-state index in [4.69, 9.17) is 11.6 Å². The van der Waals surface area contributed by atoms with Gasteiger partial charge in [-0.1, -0.05) is 58.4 Å². The van der Waals surface area contributed by atoms with Gasteiger partial charge in [0.2, 0.25) is 5.91 Å². The Balaban J connectivity index is 2.71. The van der Waals surface area contributed by atoms with Gasteiger partial charge in [0.15, 0.2) is 0 Å². The van der Waals surface area contributed by atoms with Crippen molar-refractivity contribution in [3.63, 3.8) is 0 Å². The van der Waals surface area contributed by atoms with Gasteiger partial charge in [-0.15, -0.1) is 0 Å². The van der Waals surface area contributed by atoms with Crippen LogP contribution in [0.5, 0.6) is 0 Å². The topological polar surface area (TPSA) is 29.1 Å². The summed E-state index contributed by atoms with van der Waals surface area (Å²) in [5, 5.41) is 3.73. The molecule has 0 aliphatic rings. The molecule has 1 aromatic carbocycles. The third-order valence-electron chi connectivity index (χ3n) is 3.00. The molecule has 0 unspecified atom stereocenters. The van der Waals surface area contributed by atoms with Crippen LogP contribution in [0.25, 0.3) is 0 Å². The van der Waals surface area contributed by atoms with Gasteiger partial charge in [0, 0.05) is 22.4 Å².